The van der Waals surface area contributed by atoms with Gasteiger partial charge in [0.25, 0.3) is 0 Å². The van der Waals surface area contributed by atoms with Crippen LogP contribution in [0.5, 0.6) is 11.5 Å². The number of aromatic amines is 1. The van der Waals surface area contributed by atoms with Gasteiger partial charge in [-0.3, -0.25) is 0 Å². The van der Waals surface area contributed by atoms with E-state index in [4.69, 9.17) is 14.7 Å². The van der Waals surface area contributed by atoms with E-state index < -0.39 is 0 Å². The molecule has 3 rings (SSSR count). The number of nitrogens with one attached hydrogen (secondary N) is 1. The second-order valence-corrected chi connectivity index (χ2v) is 3.65. The standard InChI is InChI=1S/C12H9N3O2/c13-4-3-12-14-6-9(15-12)8-1-2-10-11(5-8)17-7-16-10/h1-2,5-6H,3,7H2,(H,14,15). The fraction of sp³-hybridized carbons (Fsp3) is 0.167. The van der Waals surface area contributed by atoms with Crippen molar-refractivity contribution in [2.45, 2.75) is 6.42 Å². The third-order valence-corrected chi connectivity index (χ3v) is 2.56. The molecule has 0 fully saturated rings. The SMILES string of the molecule is N#CCc1ncc(-c2ccc3c(c2)OCO3)[nH]1. The monoisotopic (exact) mass is 227 g/mol. The predicted octanol–water partition coefficient (Wildman–Crippen LogP) is 1.87. The van der Waals surface area contributed by atoms with Crippen molar-refractivity contribution in [2.24, 2.45) is 0 Å². The van der Waals surface area contributed by atoms with Crippen molar-refractivity contribution in [3.63, 3.8) is 0 Å². The maximum absolute atomic E-state index is 8.58. The molecule has 2 heterocycles. The van der Waals surface area contributed by atoms with Crippen LogP contribution in [0.1, 0.15) is 5.82 Å². The largest absolute Gasteiger partial charge is 0.454 e. The van der Waals surface area contributed by atoms with E-state index in [0.29, 0.717) is 5.82 Å². The van der Waals surface area contributed by atoms with E-state index in [2.05, 4.69) is 16.0 Å². The van der Waals surface area contributed by atoms with Crippen molar-refractivity contribution in [3.05, 3.63) is 30.2 Å². The molecule has 0 radical (unpaired) electrons. The highest BCUT2D eigenvalue weighted by atomic mass is 16.7. The minimum atomic E-state index is 0.265. The van der Waals surface area contributed by atoms with Crippen LogP contribution in [-0.4, -0.2) is 16.8 Å². The quantitative estimate of drug-likeness (QED) is 0.850. The number of fused-ring (bicyclic) bond motifs is 1. The Kier molecular flexibility index (Phi) is 2.19. The molecule has 84 valence electrons. The summed E-state index contributed by atoms with van der Waals surface area (Å²) in [7, 11) is 0. The van der Waals surface area contributed by atoms with Gasteiger partial charge < -0.3 is 14.5 Å². The molecule has 0 saturated carbocycles. The normalized spacial score (nSPS) is 12.4. The summed E-state index contributed by atoms with van der Waals surface area (Å²) in [5.74, 6) is 2.16. The average Bonchev–Trinajstić information content (AvgIpc) is 2.96. The lowest BCUT2D eigenvalue weighted by Crippen LogP contribution is -1.92. The van der Waals surface area contributed by atoms with Crippen LogP contribution >= 0.6 is 0 Å². The summed E-state index contributed by atoms with van der Waals surface area (Å²) >= 11 is 0. The molecule has 5 nitrogen and oxygen atoms in total. The molecule has 0 saturated heterocycles. The summed E-state index contributed by atoms with van der Waals surface area (Å²) in [5.41, 5.74) is 1.83. The average molecular weight is 227 g/mol. The van der Waals surface area contributed by atoms with E-state index >= 15 is 0 Å². The number of H-pyrrole nitrogens is 1. The molecule has 0 amide bonds. The molecule has 0 atom stereocenters. The Hall–Kier alpha value is -2.48. The van der Waals surface area contributed by atoms with Crippen LogP contribution in [-0.2, 0) is 6.42 Å². The van der Waals surface area contributed by atoms with Gasteiger partial charge in [0.1, 0.15) is 5.82 Å². The number of hydrogen-bond donors (Lipinski definition) is 1. The van der Waals surface area contributed by atoms with Crippen molar-refractivity contribution in [2.75, 3.05) is 6.79 Å². The summed E-state index contributed by atoms with van der Waals surface area (Å²) in [6.45, 7) is 0.265. The molecule has 2 aromatic rings. The third-order valence-electron chi connectivity index (χ3n) is 2.56. The van der Waals surface area contributed by atoms with Crippen molar-refractivity contribution < 1.29 is 9.47 Å². The molecule has 5 heteroatoms. The van der Waals surface area contributed by atoms with Crippen LogP contribution in [0.3, 0.4) is 0 Å². The van der Waals surface area contributed by atoms with E-state index in [9.17, 15) is 0 Å². The molecule has 1 aromatic carbocycles. The number of imidazole rings is 1. The molecule has 17 heavy (non-hydrogen) atoms. The van der Waals surface area contributed by atoms with E-state index in [1.54, 1.807) is 6.20 Å². The van der Waals surface area contributed by atoms with E-state index in [-0.39, 0.29) is 13.2 Å². The minimum Gasteiger partial charge on any atom is -0.454 e. The first-order chi connectivity index (χ1) is 8.36. The van der Waals surface area contributed by atoms with Crippen LogP contribution < -0.4 is 9.47 Å². The number of rotatable bonds is 2. The van der Waals surface area contributed by atoms with Gasteiger partial charge in [-0.1, -0.05) is 0 Å². The van der Waals surface area contributed by atoms with Gasteiger partial charge in [0.15, 0.2) is 11.5 Å². The van der Waals surface area contributed by atoms with Gasteiger partial charge in [-0.25, -0.2) is 4.98 Å². The number of nitriles is 1. The van der Waals surface area contributed by atoms with E-state index in [1.165, 1.54) is 0 Å². The summed E-state index contributed by atoms with van der Waals surface area (Å²) in [6, 6.07) is 7.74. The fourth-order valence-corrected chi connectivity index (χ4v) is 1.74. The third kappa shape index (κ3) is 1.70. The molecule has 0 bridgehead atoms. The molecule has 1 aliphatic heterocycles. The highest BCUT2D eigenvalue weighted by Gasteiger charge is 2.14. The first kappa shape index (κ1) is 9.73. The van der Waals surface area contributed by atoms with Crippen molar-refractivity contribution in [1.82, 2.24) is 9.97 Å². The zero-order chi connectivity index (χ0) is 11.7. The second-order valence-electron chi connectivity index (χ2n) is 3.65. The van der Waals surface area contributed by atoms with E-state index in [1.807, 2.05) is 18.2 Å². The first-order valence-corrected chi connectivity index (χ1v) is 5.17. The Morgan fingerprint density at radius 3 is 3.12 bits per heavy atom. The highest BCUT2D eigenvalue weighted by Crippen LogP contribution is 2.35. The molecular formula is C12H9N3O2. The number of ether oxygens (including phenoxy) is 2. The van der Waals surface area contributed by atoms with Crippen molar-refractivity contribution in [1.29, 1.82) is 5.26 Å². The fourth-order valence-electron chi connectivity index (χ4n) is 1.74. The van der Waals surface area contributed by atoms with Crippen LogP contribution in [0.15, 0.2) is 24.4 Å². The number of nitrogens with zero attached hydrogens (tertiary/aromatic N) is 2. The van der Waals surface area contributed by atoms with Crippen molar-refractivity contribution >= 4 is 0 Å². The van der Waals surface area contributed by atoms with Gasteiger partial charge in [0.05, 0.1) is 24.4 Å². The van der Waals surface area contributed by atoms with Crippen LogP contribution in [0.25, 0.3) is 11.3 Å². The maximum Gasteiger partial charge on any atom is 0.231 e. The number of hydrogen-bond acceptors (Lipinski definition) is 4. The van der Waals surface area contributed by atoms with Gasteiger partial charge in [-0.2, -0.15) is 5.26 Å². The van der Waals surface area contributed by atoms with Crippen LogP contribution in [0, 0.1) is 11.3 Å². The van der Waals surface area contributed by atoms with Crippen LogP contribution in [0.2, 0.25) is 0 Å². The summed E-state index contributed by atoms with van der Waals surface area (Å²) in [6.07, 6.45) is 1.99. The number of benzene rings is 1. The maximum atomic E-state index is 8.58. The second kappa shape index (κ2) is 3.83. The lowest BCUT2D eigenvalue weighted by Gasteiger charge is -1.99. The van der Waals surface area contributed by atoms with Gasteiger partial charge in [0, 0.05) is 5.56 Å². The molecule has 0 spiro atoms. The summed E-state index contributed by atoms with van der Waals surface area (Å²) in [4.78, 5) is 7.22. The first-order valence-electron chi connectivity index (χ1n) is 5.17. The smallest absolute Gasteiger partial charge is 0.231 e. The molecule has 1 aromatic heterocycles. The Bertz CT molecular complexity index is 598. The van der Waals surface area contributed by atoms with Crippen LogP contribution in [0.4, 0.5) is 0 Å². The lowest BCUT2D eigenvalue weighted by atomic mass is 10.1. The molecule has 1 aliphatic rings. The Morgan fingerprint density at radius 2 is 2.24 bits per heavy atom. The Morgan fingerprint density at radius 1 is 1.35 bits per heavy atom. The number of aromatic nitrogens is 2. The topological polar surface area (TPSA) is 70.9 Å². The Labute approximate surface area is 97.6 Å². The van der Waals surface area contributed by atoms with Gasteiger partial charge in [-0.05, 0) is 18.2 Å². The molecule has 0 aliphatic carbocycles. The highest BCUT2D eigenvalue weighted by molar-refractivity contribution is 5.64. The zero-order valence-corrected chi connectivity index (χ0v) is 8.93. The van der Waals surface area contributed by atoms with Gasteiger partial charge in [0.2, 0.25) is 6.79 Å². The van der Waals surface area contributed by atoms with E-state index in [0.717, 1.165) is 22.8 Å². The van der Waals surface area contributed by atoms with Gasteiger partial charge >= 0.3 is 0 Å². The Balaban J connectivity index is 1.95. The zero-order valence-electron chi connectivity index (χ0n) is 8.93. The summed E-state index contributed by atoms with van der Waals surface area (Å²) < 4.78 is 10.5. The molecule has 0 unspecified atom stereocenters. The minimum absolute atomic E-state index is 0.265. The summed E-state index contributed by atoms with van der Waals surface area (Å²) in [5, 5.41) is 8.58. The lowest BCUT2D eigenvalue weighted by molar-refractivity contribution is 0.174. The van der Waals surface area contributed by atoms with Crippen molar-refractivity contribution in [3.8, 4) is 28.8 Å². The van der Waals surface area contributed by atoms with Gasteiger partial charge in [-0.15, -0.1) is 0 Å². The predicted molar refractivity (Wildman–Crippen MR) is 59.5 cm³/mol. The molecule has 1 N–H and O–H groups in total. The molecular weight excluding hydrogens is 218 g/mol.